The van der Waals surface area contributed by atoms with Crippen molar-refractivity contribution in [2.75, 3.05) is 52.5 Å². The molecule has 0 spiro atoms. The lowest BCUT2D eigenvalue weighted by atomic mass is 10.0. The second-order valence-corrected chi connectivity index (χ2v) is 12.1. The van der Waals surface area contributed by atoms with Crippen LogP contribution in [-0.4, -0.2) is 79.2 Å². The van der Waals surface area contributed by atoms with Crippen LogP contribution in [0.4, 0.5) is 0 Å². The number of aromatic amines is 1. The summed E-state index contributed by atoms with van der Waals surface area (Å²) in [6, 6.07) is 10.3. The number of benzene rings is 2. The molecular weight excluding hydrogens is 637 g/mol. The summed E-state index contributed by atoms with van der Waals surface area (Å²) >= 11 is 0. The van der Waals surface area contributed by atoms with E-state index in [4.69, 9.17) is 9.47 Å². The Morgan fingerprint density at radius 3 is 1.43 bits per heavy atom. The first-order chi connectivity index (χ1) is 21.9. The molecule has 0 aliphatic rings. The van der Waals surface area contributed by atoms with E-state index in [1.807, 2.05) is 6.07 Å². The van der Waals surface area contributed by atoms with Gasteiger partial charge in [0.25, 0.3) is 5.56 Å². The maximum atomic E-state index is 13.0. The Kier molecular flexibility index (Phi) is 21.3. The minimum absolute atomic E-state index is 0. The molecule has 3 aromatic rings. The average molecular weight is 695 g/mol. The number of carbonyl (C=O) groups is 2. The average Bonchev–Trinajstić information content (AvgIpc) is 3.06. The summed E-state index contributed by atoms with van der Waals surface area (Å²) in [6.07, 6.45) is 10.9. The number of hydrogen-bond acceptors (Lipinski definition) is 7. The Hall–Kier alpha value is -2.65. The van der Waals surface area contributed by atoms with Gasteiger partial charge in [0, 0.05) is 29.4 Å². The maximum absolute atomic E-state index is 13.0. The fourth-order valence-corrected chi connectivity index (χ4v) is 5.56. The summed E-state index contributed by atoms with van der Waals surface area (Å²) < 4.78 is 11.1. The van der Waals surface area contributed by atoms with Crippen molar-refractivity contribution in [3.8, 4) is 0 Å². The summed E-state index contributed by atoms with van der Waals surface area (Å²) in [4.78, 5) is 46.4. The number of ether oxygens (including phenoxy) is 2. The molecule has 0 aliphatic carbocycles. The molecule has 2 aromatic carbocycles. The number of unbranched alkanes of at least 4 members (excludes halogenated alkanes) is 4. The highest BCUT2D eigenvalue weighted by Crippen LogP contribution is 2.24. The number of carbonyl (C=O) groups excluding carboxylic acids is 2. The zero-order chi connectivity index (χ0) is 32.4. The monoisotopic (exact) mass is 693 g/mol. The molecular formula is C37H57Cl2N3O5. The van der Waals surface area contributed by atoms with Crippen LogP contribution in [0.25, 0.3) is 21.7 Å². The number of H-pyrrole nitrogens is 1. The molecule has 0 unspecified atom stereocenters. The summed E-state index contributed by atoms with van der Waals surface area (Å²) in [5, 5.41) is 1.92. The molecule has 0 aliphatic heterocycles. The lowest BCUT2D eigenvalue weighted by Gasteiger charge is -2.21. The van der Waals surface area contributed by atoms with Crippen LogP contribution in [0.15, 0.2) is 41.2 Å². The van der Waals surface area contributed by atoms with Crippen molar-refractivity contribution in [3.05, 3.63) is 57.9 Å². The minimum Gasteiger partial charge on any atom is -0.462 e. The van der Waals surface area contributed by atoms with Crippen molar-refractivity contribution in [3.63, 3.8) is 0 Å². The molecule has 0 fully saturated rings. The van der Waals surface area contributed by atoms with E-state index < -0.39 is 11.9 Å². The number of halogens is 2. The second-order valence-electron chi connectivity index (χ2n) is 12.1. The zero-order valence-corrected chi connectivity index (χ0v) is 30.6. The van der Waals surface area contributed by atoms with Gasteiger partial charge in [0.2, 0.25) is 0 Å². The van der Waals surface area contributed by atoms with Gasteiger partial charge < -0.3 is 24.3 Å². The van der Waals surface area contributed by atoms with E-state index in [9.17, 15) is 14.4 Å². The van der Waals surface area contributed by atoms with E-state index in [1.54, 1.807) is 30.3 Å². The number of esters is 2. The number of nitrogens with zero attached hydrogens (tertiary/aromatic N) is 2. The first-order valence-electron chi connectivity index (χ1n) is 17.3. The number of aromatic nitrogens is 1. The van der Waals surface area contributed by atoms with Crippen molar-refractivity contribution in [1.29, 1.82) is 0 Å². The van der Waals surface area contributed by atoms with Crippen LogP contribution in [0, 0.1) is 0 Å². The number of hydrogen-bond donors (Lipinski definition) is 1. The smallest absolute Gasteiger partial charge is 0.338 e. The van der Waals surface area contributed by atoms with Gasteiger partial charge >= 0.3 is 11.9 Å². The topological polar surface area (TPSA) is 91.9 Å². The van der Waals surface area contributed by atoms with Gasteiger partial charge in [0.15, 0.2) is 0 Å². The van der Waals surface area contributed by atoms with Crippen LogP contribution in [0.3, 0.4) is 0 Å². The lowest BCUT2D eigenvalue weighted by molar-refractivity contribution is 0.0478. The normalized spacial score (nSPS) is 11.1. The lowest BCUT2D eigenvalue weighted by Crippen LogP contribution is -2.28. The van der Waals surface area contributed by atoms with Gasteiger partial charge in [-0.1, -0.05) is 65.5 Å². The summed E-state index contributed by atoms with van der Waals surface area (Å²) in [7, 11) is 0. The van der Waals surface area contributed by atoms with Gasteiger partial charge in [-0.15, -0.1) is 24.8 Å². The van der Waals surface area contributed by atoms with Crippen LogP contribution in [0.5, 0.6) is 0 Å². The number of nitrogens with one attached hydrogen (secondary N) is 1. The molecule has 0 atom stereocenters. The Morgan fingerprint density at radius 2 is 0.979 bits per heavy atom. The summed E-state index contributed by atoms with van der Waals surface area (Å²) in [6.45, 7) is 15.6. The Labute approximate surface area is 293 Å². The van der Waals surface area contributed by atoms with Crippen molar-refractivity contribution in [2.24, 2.45) is 0 Å². The third-order valence-corrected chi connectivity index (χ3v) is 8.31. The first kappa shape index (κ1) is 42.4. The Morgan fingerprint density at radius 1 is 0.574 bits per heavy atom. The van der Waals surface area contributed by atoms with E-state index in [1.165, 1.54) is 51.4 Å². The predicted molar refractivity (Wildman–Crippen MR) is 199 cm³/mol. The zero-order valence-electron chi connectivity index (χ0n) is 28.9. The van der Waals surface area contributed by atoms with Crippen LogP contribution < -0.4 is 5.56 Å². The standard InChI is InChI=1S/C37H55N3O5.2ClH/c1-5-9-19-39(20-10-6-2)23-13-25-44-36(42)29-15-17-31-32-18-16-30(28-34(32)38-35(41)33(31)27-29)37(43)45-26-14-24-40(21-11-7-3)22-12-8-4;;/h15-18,27-28H,5-14,19-26H2,1-4H3,(H,38,41);2*1H. The SMILES string of the molecule is CCCCN(CCCC)CCCOC(=O)c1ccc2c(c1)[nH]c(=O)c1cc(C(=O)OCCCN(CCCC)CCCC)ccc12.Cl.Cl. The minimum atomic E-state index is -0.429. The highest BCUT2D eigenvalue weighted by atomic mass is 35.5. The van der Waals surface area contributed by atoms with Crippen LogP contribution in [-0.2, 0) is 9.47 Å². The molecule has 47 heavy (non-hydrogen) atoms. The quantitative estimate of drug-likeness (QED) is 0.0642. The number of fused-ring (bicyclic) bond motifs is 3. The van der Waals surface area contributed by atoms with Crippen LogP contribution in [0.1, 0.15) is 113 Å². The van der Waals surface area contributed by atoms with Gasteiger partial charge in [-0.25, -0.2) is 9.59 Å². The summed E-state index contributed by atoms with van der Waals surface area (Å²) in [5.74, 6) is -0.828. The summed E-state index contributed by atoms with van der Waals surface area (Å²) in [5.41, 5.74) is 0.983. The van der Waals surface area contributed by atoms with E-state index in [0.29, 0.717) is 40.6 Å². The van der Waals surface area contributed by atoms with Crippen LogP contribution in [0.2, 0.25) is 0 Å². The fraction of sp³-hybridized carbons (Fsp3) is 0.595. The molecule has 1 N–H and O–H groups in total. The molecule has 0 saturated heterocycles. The molecule has 0 bridgehead atoms. The first-order valence-corrected chi connectivity index (χ1v) is 17.3. The molecule has 3 rings (SSSR count). The van der Waals surface area contributed by atoms with Gasteiger partial charge in [0.1, 0.15) is 0 Å². The van der Waals surface area contributed by atoms with Crippen LogP contribution >= 0.6 is 24.8 Å². The molecule has 264 valence electrons. The molecule has 10 heteroatoms. The van der Waals surface area contributed by atoms with Gasteiger partial charge in [-0.2, -0.15) is 0 Å². The molecule has 1 heterocycles. The Bertz CT molecular complexity index is 1400. The highest BCUT2D eigenvalue weighted by molar-refractivity contribution is 6.08. The Balaban J connectivity index is 0.00000552. The fourth-order valence-electron chi connectivity index (χ4n) is 5.56. The van der Waals surface area contributed by atoms with E-state index in [2.05, 4.69) is 42.5 Å². The van der Waals surface area contributed by atoms with Gasteiger partial charge in [-0.05, 0) is 94.4 Å². The van der Waals surface area contributed by atoms with Crippen molar-refractivity contribution < 1.29 is 19.1 Å². The third-order valence-electron chi connectivity index (χ3n) is 8.31. The van der Waals surface area contributed by atoms with Crippen molar-refractivity contribution in [1.82, 2.24) is 14.8 Å². The molecule has 0 radical (unpaired) electrons. The van der Waals surface area contributed by atoms with Crippen molar-refractivity contribution in [2.45, 2.75) is 91.9 Å². The molecule has 0 amide bonds. The highest BCUT2D eigenvalue weighted by Gasteiger charge is 2.15. The van der Waals surface area contributed by atoms with E-state index in [0.717, 1.165) is 57.5 Å². The predicted octanol–water partition coefficient (Wildman–Crippen LogP) is 8.42. The number of pyridine rings is 1. The second kappa shape index (κ2) is 23.6. The van der Waals surface area contributed by atoms with Gasteiger partial charge in [0.05, 0.1) is 24.3 Å². The molecule has 0 saturated carbocycles. The maximum Gasteiger partial charge on any atom is 0.338 e. The molecule has 8 nitrogen and oxygen atoms in total. The largest absolute Gasteiger partial charge is 0.462 e. The van der Waals surface area contributed by atoms with Crippen molar-refractivity contribution >= 4 is 58.4 Å². The van der Waals surface area contributed by atoms with Gasteiger partial charge in [-0.3, -0.25) is 4.79 Å². The van der Waals surface area contributed by atoms with E-state index in [-0.39, 0.29) is 30.4 Å². The number of rotatable bonds is 22. The molecule has 1 aromatic heterocycles. The third kappa shape index (κ3) is 13.8. The van der Waals surface area contributed by atoms with E-state index >= 15 is 0 Å².